The fourth-order valence-electron chi connectivity index (χ4n) is 14.7. The number of rotatable bonds is 6. The molecule has 60 heavy (non-hydrogen) atoms. The molecule has 2 heteroatoms. The molecule has 0 heterocycles. The van der Waals surface area contributed by atoms with Gasteiger partial charge in [-0.3, -0.25) is 0 Å². The van der Waals surface area contributed by atoms with Gasteiger partial charge in [0.15, 0.2) is 0 Å². The zero-order chi connectivity index (χ0) is 43.6. The first kappa shape index (κ1) is 44.1. The number of hydrogen-bond donors (Lipinski definition) is 0. The second kappa shape index (κ2) is 13.2. The van der Waals surface area contributed by atoms with E-state index in [0.717, 1.165) is 7.35 Å². The Morgan fingerprint density at radius 1 is 0.450 bits per heavy atom. The maximum atomic E-state index is 3.11. The van der Waals surface area contributed by atoms with Gasteiger partial charge in [0, 0.05) is 0 Å². The van der Waals surface area contributed by atoms with Crippen LogP contribution in [0.3, 0.4) is 0 Å². The molecule has 2 atom stereocenters. The van der Waals surface area contributed by atoms with Crippen LogP contribution < -0.4 is 0 Å². The fourth-order valence-corrected chi connectivity index (χ4v) is 78.2. The van der Waals surface area contributed by atoms with E-state index in [2.05, 4.69) is 196 Å². The minimum absolute atomic E-state index is 0.0707. The SMILES string of the molecule is CC(C)(C)c1cc(-c2cccc3c2C=C[CH]3[Hf]([CH3])([CH3])(=[SiH2])([CH]2CCCC2)([CH]2CCCC2)[CH]2C=Cc3c(-c4cc(C(C)(C)C)cc(C(C)(C)C)c4)cccc32)cc(C(C)(C)C)c1. The van der Waals surface area contributed by atoms with E-state index < -0.39 is 14.2 Å². The van der Waals surface area contributed by atoms with Gasteiger partial charge in [0.25, 0.3) is 0 Å². The van der Waals surface area contributed by atoms with Crippen molar-refractivity contribution in [1.82, 2.24) is 0 Å². The summed E-state index contributed by atoms with van der Waals surface area (Å²) in [5.41, 5.74) is 17.9. The van der Waals surface area contributed by atoms with Gasteiger partial charge in [-0.1, -0.05) is 0 Å². The van der Waals surface area contributed by atoms with E-state index in [1.165, 1.54) is 107 Å². The molecular formula is C58H80HfSi. The average Bonchev–Trinajstić information content (AvgIpc) is 4.00. The van der Waals surface area contributed by atoms with Crippen LogP contribution in [0.1, 0.15) is 186 Å². The average molecular weight is 984 g/mol. The second-order valence-corrected chi connectivity index (χ2v) is 101. The molecule has 0 N–H and O–H groups in total. The van der Waals surface area contributed by atoms with Gasteiger partial charge >= 0.3 is 365 Å². The van der Waals surface area contributed by atoms with Crippen LogP contribution in [0.15, 0.2) is 84.9 Å². The van der Waals surface area contributed by atoms with Gasteiger partial charge in [0.1, 0.15) is 0 Å². The molecule has 4 aliphatic carbocycles. The first-order valence-electron chi connectivity index (χ1n) is 24.1. The van der Waals surface area contributed by atoms with E-state index >= 15 is 0 Å². The van der Waals surface area contributed by atoms with Gasteiger partial charge in [0.05, 0.1) is 0 Å². The van der Waals surface area contributed by atoms with Crippen LogP contribution in [0.25, 0.3) is 34.4 Å². The van der Waals surface area contributed by atoms with Gasteiger partial charge in [-0.25, -0.2) is 0 Å². The molecule has 8 rings (SSSR count). The third-order valence-corrected chi connectivity index (χ3v) is 89.2. The standard InChI is InChI=1S/2C23H27.2C5H9.2CH3.Hf.H2Si/c2*1-22(2,3)18-13-17(14-19(15-18)23(4,5)6)21-12-8-10-16-9-7-11-20(16)21;2*1-2-4-5-3-1;;;;/h2*7-15H,1-6H3;2*1H,2-5H2;2*1H3;;1H2. The van der Waals surface area contributed by atoms with E-state index in [1.54, 1.807) is 11.1 Å². The maximum absolute atomic E-state index is 5.48. The van der Waals surface area contributed by atoms with Gasteiger partial charge < -0.3 is 0 Å². The van der Waals surface area contributed by atoms with E-state index in [4.69, 9.17) is 0 Å². The number of fused-ring (bicyclic) bond motifs is 2. The summed E-state index contributed by atoms with van der Waals surface area (Å²) >= 11 is -5.48. The Bertz CT molecular complexity index is 2330. The summed E-state index contributed by atoms with van der Waals surface area (Å²) in [5, 5.41) is 0. The molecule has 2 saturated carbocycles. The van der Waals surface area contributed by atoms with Crippen LogP contribution in [-0.2, 0) is 35.8 Å². The van der Waals surface area contributed by atoms with Crippen molar-refractivity contribution in [3.05, 3.63) is 129 Å². The third-order valence-electron chi connectivity index (χ3n) is 18.9. The molecule has 2 unspecified atom stereocenters. The van der Waals surface area contributed by atoms with Crippen LogP contribution in [0.4, 0.5) is 0 Å². The molecule has 2 fully saturated rings. The Morgan fingerprint density at radius 3 is 1.03 bits per heavy atom. The molecule has 4 aromatic rings. The Hall–Kier alpha value is -2.55. The zero-order valence-electron chi connectivity index (χ0n) is 40.4. The Morgan fingerprint density at radius 2 is 0.750 bits per heavy atom. The van der Waals surface area contributed by atoms with Crippen molar-refractivity contribution in [3.8, 4) is 22.3 Å². The summed E-state index contributed by atoms with van der Waals surface area (Å²) in [6, 6.07) is 30.1. The van der Waals surface area contributed by atoms with Crippen molar-refractivity contribution < 1.29 is 14.2 Å². The minimum atomic E-state index is -5.48. The molecule has 320 valence electrons. The first-order valence-corrected chi connectivity index (χ1v) is 47.9. The Kier molecular flexibility index (Phi) is 9.73. The topological polar surface area (TPSA) is 0 Å². The molecule has 4 aromatic carbocycles. The molecule has 0 radical (unpaired) electrons. The van der Waals surface area contributed by atoms with Crippen molar-refractivity contribution in [3.63, 3.8) is 0 Å². The summed E-state index contributed by atoms with van der Waals surface area (Å²) in [6.07, 6.45) is 22.0. The first-order chi connectivity index (χ1) is 27.6. The van der Waals surface area contributed by atoms with Crippen LogP contribution >= 0.6 is 0 Å². The summed E-state index contributed by atoms with van der Waals surface area (Å²) < 4.78 is 8.64. The normalized spacial score (nSPS) is 22.1. The summed E-state index contributed by atoms with van der Waals surface area (Å²) in [6.45, 7) is 31.3. The van der Waals surface area contributed by atoms with E-state index in [-0.39, 0.29) is 21.7 Å². The van der Waals surface area contributed by atoms with Crippen molar-refractivity contribution in [2.45, 2.75) is 180 Å². The monoisotopic (exact) mass is 985 g/mol. The van der Waals surface area contributed by atoms with Crippen molar-refractivity contribution >= 4 is 19.1 Å². The van der Waals surface area contributed by atoms with Gasteiger partial charge in [0.2, 0.25) is 0 Å². The Balaban J connectivity index is 1.40. The molecule has 0 aromatic heterocycles. The fraction of sp³-hybridized carbons (Fsp3) is 0.517. The number of allylic oxidation sites excluding steroid dienone is 2. The zero-order valence-corrected chi connectivity index (χ0v) is 45.4. The Labute approximate surface area is 362 Å². The molecule has 0 amide bonds. The summed E-state index contributed by atoms with van der Waals surface area (Å²) in [4.78, 5) is 0. The third kappa shape index (κ3) is 6.31. The summed E-state index contributed by atoms with van der Waals surface area (Å²) in [7, 11) is 0. The predicted molar refractivity (Wildman–Crippen MR) is 267 cm³/mol. The van der Waals surface area contributed by atoms with Crippen molar-refractivity contribution in [2.24, 2.45) is 0 Å². The van der Waals surface area contributed by atoms with Crippen LogP contribution in [0.5, 0.6) is 0 Å². The van der Waals surface area contributed by atoms with E-state index in [0.29, 0.717) is 7.35 Å². The molecular weight excluding hydrogens is 903 g/mol. The van der Waals surface area contributed by atoms with Crippen LogP contribution in [0.2, 0.25) is 16.7 Å². The van der Waals surface area contributed by atoms with Gasteiger partial charge in [-0.15, -0.1) is 0 Å². The molecule has 0 spiro atoms. The molecule has 4 aliphatic rings. The van der Waals surface area contributed by atoms with E-state index in [1.807, 2.05) is 0 Å². The number of benzene rings is 4. The molecule has 0 nitrogen and oxygen atoms in total. The molecule has 0 saturated heterocycles. The van der Waals surface area contributed by atoms with Crippen molar-refractivity contribution in [1.29, 1.82) is 0 Å². The number of hydrogen-bond acceptors (Lipinski definition) is 0. The molecule has 0 aliphatic heterocycles. The summed E-state index contributed by atoms with van der Waals surface area (Å²) in [5.74, 6) is 0. The predicted octanol–water partition coefficient (Wildman–Crippen LogP) is 17.2. The van der Waals surface area contributed by atoms with Crippen LogP contribution in [-0.4, -0.2) is 6.94 Å². The van der Waals surface area contributed by atoms with Gasteiger partial charge in [-0.2, -0.15) is 0 Å². The van der Waals surface area contributed by atoms with Gasteiger partial charge in [-0.05, 0) is 0 Å². The molecule has 0 bridgehead atoms. The van der Waals surface area contributed by atoms with Crippen LogP contribution in [0, 0.1) is 0 Å². The second-order valence-electron chi connectivity index (χ2n) is 27.2. The quantitative estimate of drug-likeness (QED) is 0.169. The van der Waals surface area contributed by atoms with Crippen molar-refractivity contribution in [2.75, 3.05) is 0 Å². The van der Waals surface area contributed by atoms with E-state index in [9.17, 15) is 0 Å².